The highest BCUT2D eigenvalue weighted by Gasteiger charge is 2.12. The van der Waals surface area contributed by atoms with Gasteiger partial charge in [-0.15, -0.1) is 0 Å². The van der Waals surface area contributed by atoms with E-state index in [1.165, 1.54) is 25.1 Å². The molecule has 0 radical (unpaired) electrons. The fourth-order valence-corrected chi connectivity index (χ4v) is 1.95. The Bertz CT molecular complexity index is 299. The highest BCUT2D eigenvalue weighted by atomic mass is 15.1. The van der Waals surface area contributed by atoms with Crippen molar-refractivity contribution in [2.75, 3.05) is 0 Å². The summed E-state index contributed by atoms with van der Waals surface area (Å²) in [6.07, 6.45) is 13.4. The first-order valence-corrected chi connectivity index (χ1v) is 5.10. The number of nitrogens with zero attached hydrogens (tertiary/aromatic N) is 2. The van der Waals surface area contributed by atoms with Crippen LogP contribution < -0.4 is 0 Å². The van der Waals surface area contributed by atoms with Gasteiger partial charge in [0.1, 0.15) is 5.82 Å². The molecule has 0 aliphatic heterocycles. The Kier molecular flexibility index (Phi) is 2.48. The normalized spacial score (nSPS) is 22.1. The van der Waals surface area contributed by atoms with Crippen LogP contribution in [0.5, 0.6) is 0 Å². The quantitative estimate of drug-likeness (QED) is 0.633. The standard InChI is InChI=1S/C11H16N2/c1-2-11-12-8-9-13(11)10-6-4-3-5-7-10/h4,6,8-10H,2-3,5,7H2,1H3. The van der Waals surface area contributed by atoms with Crippen molar-refractivity contribution < 1.29 is 0 Å². The molecular weight excluding hydrogens is 160 g/mol. The van der Waals surface area contributed by atoms with Crippen molar-refractivity contribution in [1.82, 2.24) is 9.55 Å². The summed E-state index contributed by atoms with van der Waals surface area (Å²) in [4.78, 5) is 4.34. The van der Waals surface area contributed by atoms with Crippen LogP contribution in [0.15, 0.2) is 24.5 Å². The second-order valence-electron chi connectivity index (χ2n) is 3.53. The van der Waals surface area contributed by atoms with E-state index in [0.717, 1.165) is 6.42 Å². The lowest BCUT2D eigenvalue weighted by Gasteiger charge is -2.19. The Balaban J connectivity index is 2.23. The number of allylic oxidation sites excluding steroid dienone is 2. The number of aryl methyl sites for hydroxylation is 1. The molecule has 1 unspecified atom stereocenters. The van der Waals surface area contributed by atoms with Crippen molar-refractivity contribution in [1.29, 1.82) is 0 Å². The first-order valence-electron chi connectivity index (χ1n) is 5.10. The molecule has 0 N–H and O–H groups in total. The SMILES string of the molecule is CCc1nccn1C1C=CCCC1. The number of hydrogen-bond acceptors (Lipinski definition) is 1. The van der Waals surface area contributed by atoms with E-state index in [1.807, 2.05) is 6.20 Å². The molecule has 2 nitrogen and oxygen atoms in total. The van der Waals surface area contributed by atoms with Gasteiger partial charge in [0.25, 0.3) is 0 Å². The molecule has 13 heavy (non-hydrogen) atoms. The maximum Gasteiger partial charge on any atom is 0.108 e. The third kappa shape index (κ3) is 1.67. The van der Waals surface area contributed by atoms with Crippen LogP contribution in [0.3, 0.4) is 0 Å². The molecular formula is C11H16N2. The molecule has 2 rings (SSSR count). The summed E-state index contributed by atoms with van der Waals surface area (Å²) >= 11 is 0. The minimum Gasteiger partial charge on any atom is -0.328 e. The molecule has 1 aromatic heterocycles. The zero-order valence-corrected chi connectivity index (χ0v) is 8.11. The summed E-state index contributed by atoms with van der Waals surface area (Å²) in [5, 5.41) is 0. The second kappa shape index (κ2) is 3.77. The van der Waals surface area contributed by atoms with Gasteiger partial charge >= 0.3 is 0 Å². The summed E-state index contributed by atoms with van der Waals surface area (Å²) in [6.45, 7) is 2.16. The molecule has 0 saturated heterocycles. The largest absolute Gasteiger partial charge is 0.328 e. The van der Waals surface area contributed by atoms with Crippen molar-refractivity contribution in [3.05, 3.63) is 30.4 Å². The van der Waals surface area contributed by atoms with E-state index in [9.17, 15) is 0 Å². The average Bonchev–Trinajstić information content (AvgIpc) is 2.67. The third-order valence-electron chi connectivity index (χ3n) is 2.65. The predicted octanol–water partition coefficient (Wildman–Crippen LogP) is 2.73. The van der Waals surface area contributed by atoms with Gasteiger partial charge in [-0.05, 0) is 19.3 Å². The third-order valence-corrected chi connectivity index (χ3v) is 2.65. The first kappa shape index (κ1) is 8.54. The average molecular weight is 176 g/mol. The highest BCUT2D eigenvalue weighted by molar-refractivity contribution is 5.03. The van der Waals surface area contributed by atoms with E-state index >= 15 is 0 Å². The number of rotatable bonds is 2. The van der Waals surface area contributed by atoms with Crippen LogP contribution in [-0.2, 0) is 6.42 Å². The van der Waals surface area contributed by atoms with Gasteiger partial charge in [0.15, 0.2) is 0 Å². The van der Waals surface area contributed by atoms with E-state index in [-0.39, 0.29) is 0 Å². The van der Waals surface area contributed by atoms with E-state index in [4.69, 9.17) is 0 Å². The molecule has 0 bridgehead atoms. The summed E-state index contributed by atoms with van der Waals surface area (Å²) in [6, 6.07) is 0.561. The summed E-state index contributed by atoms with van der Waals surface area (Å²) in [5.74, 6) is 1.21. The zero-order chi connectivity index (χ0) is 9.10. The Morgan fingerprint density at radius 1 is 1.62 bits per heavy atom. The van der Waals surface area contributed by atoms with Crippen molar-refractivity contribution in [3.8, 4) is 0 Å². The molecule has 2 heteroatoms. The predicted molar refractivity (Wildman–Crippen MR) is 53.6 cm³/mol. The maximum atomic E-state index is 4.34. The van der Waals surface area contributed by atoms with Crippen LogP contribution in [0.1, 0.15) is 38.1 Å². The van der Waals surface area contributed by atoms with Crippen LogP contribution >= 0.6 is 0 Å². The summed E-state index contributed by atoms with van der Waals surface area (Å²) in [5.41, 5.74) is 0. The Labute approximate surface area is 79.3 Å². The van der Waals surface area contributed by atoms with Gasteiger partial charge in [-0.25, -0.2) is 4.98 Å². The van der Waals surface area contributed by atoms with Crippen molar-refractivity contribution in [2.45, 2.75) is 38.6 Å². The monoisotopic (exact) mass is 176 g/mol. The van der Waals surface area contributed by atoms with Crippen LogP contribution in [-0.4, -0.2) is 9.55 Å². The molecule has 0 aromatic carbocycles. The molecule has 1 aromatic rings. The Morgan fingerprint density at radius 3 is 3.23 bits per heavy atom. The lowest BCUT2D eigenvalue weighted by molar-refractivity contribution is 0.502. The van der Waals surface area contributed by atoms with Crippen LogP contribution in [0.4, 0.5) is 0 Å². The van der Waals surface area contributed by atoms with Crippen molar-refractivity contribution >= 4 is 0 Å². The topological polar surface area (TPSA) is 17.8 Å². The first-order chi connectivity index (χ1) is 6.42. The van der Waals surface area contributed by atoms with Crippen molar-refractivity contribution in [3.63, 3.8) is 0 Å². The van der Waals surface area contributed by atoms with Crippen LogP contribution in [0.2, 0.25) is 0 Å². The van der Waals surface area contributed by atoms with Gasteiger partial charge in [-0.2, -0.15) is 0 Å². The molecule has 0 saturated carbocycles. The molecule has 0 amide bonds. The van der Waals surface area contributed by atoms with E-state index in [1.54, 1.807) is 0 Å². The fourth-order valence-electron chi connectivity index (χ4n) is 1.95. The smallest absolute Gasteiger partial charge is 0.108 e. The van der Waals surface area contributed by atoms with Crippen LogP contribution in [0, 0.1) is 0 Å². The molecule has 70 valence electrons. The van der Waals surface area contributed by atoms with E-state index in [0.29, 0.717) is 6.04 Å². The number of aromatic nitrogens is 2. The second-order valence-corrected chi connectivity index (χ2v) is 3.53. The van der Waals surface area contributed by atoms with Gasteiger partial charge in [0.2, 0.25) is 0 Å². The minimum atomic E-state index is 0.561. The van der Waals surface area contributed by atoms with Gasteiger partial charge in [-0.1, -0.05) is 19.1 Å². The number of imidazole rings is 1. The van der Waals surface area contributed by atoms with Gasteiger partial charge in [0, 0.05) is 18.8 Å². The summed E-state index contributed by atoms with van der Waals surface area (Å²) < 4.78 is 2.30. The molecule has 1 heterocycles. The lowest BCUT2D eigenvalue weighted by atomic mass is 10.0. The van der Waals surface area contributed by atoms with E-state index in [2.05, 4.69) is 34.8 Å². The molecule has 1 atom stereocenters. The van der Waals surface area contributed by atoms with E-state index < -0.39 is 0 Å². The molecule has 0 fully saturated rings. The number of hydrogen-bond donors (Lipinski definition) is 0. The van der Waals surface area contributed by atoms with Gasteiger partial charge in [0.05, 0.1) is 6.04 Å². The lowest BCUT2D eigenvalue weighted by Crippen LogP contribution is -2.11. The summed E-state index contributed by atoms with van der Waals surface area (Å²) in [7, 11) is 0. The van der Waals surface area contributed by atoms with Crippen LogP contribution in [0.25, 0.3) is 0 Å². The molecule has 0 spiro atoms. The van der Waals surface area contributed by atoms with Gasteiger partial charge in [-0.3, -0.25) is 0 Å². The zero-order valence-electron chi connectivity index (χ0n) is 8.11. The molecule has 1 aliphatic rings. The highest BCUT2D eigenvalue weighted by Crippen LogP contribution is 2.23. The Morgan fingerprint density at radius 2 is 2.54 bits per heavy atom. The van der Waals surface area contributed by atoms with Crippen molar-refractivity contribution in [2.24, 2.45) is 0 Å². The van der Waals surface area contributed by atoms with Gasteiger partial charge < -0.3 is 4.57 Å². The Hall–Kier alpha value is -1.05. The minimum absolute atomic E-state index is 0.561. The maximum absolute atomic E-state index is 4.34. The molecule has 1 aliphatic carbocycles. The fraction of sp³-hybridized carbons (Fsp3) is 0.545.